The molecule has 2 saturated heterocycles. The number of methoxy groups -OCH3 is 1. The van der Waals surface area contributed by atoms with E-state index in [0.717, 1.165) is 31.0 Å². The molecule has 2 aliphatic heterocycles. The quantitative estimate of drug-likeness (QED) is 0.826. The maximum Gasteiger partial charge on any atom is 0.255 e. The summed E-state index contributed by atoms with van der Waals surface area (Å²) in [5.74, 6) is 1.14. The molecule has 1 amide bonds. The van der Waals surface area contributed by atoms with E-state index in [2.05, 4.69) is 4.98 Å². The molecule has 1 unspecified atom stereocenters. The molecule has 1 atom stereocenters. The Morgan fingerprint density at radius 3 is 2.89 bits per heavy atom. The van der Waals surface area contributed by atoms with E-state index in [1.54, 1.807) is 13.3 Å². The van der Waals surface area contributed by atoms with E-state index in [1.807, 2.05) is 35.7 Å². The summed E-state index contributed by atoms with van der Waals surface area (Å²) in [7, 11) is 1.77. The van der Waals surface area contributed by atoms with E-state index in [0.29, 0.717) is 11.7 Å². The van der Waals surface area contributed by atoms with Gasteiger partial charge >= 0.3 is 0 Å². The van der Waals surface area contributed by atoms with E-state index in [4.69, 9.17) is 4.74 Å². The van der Waals surface area contributed by atoms with Gasteiger partial charge in [0, 0.05) is 37.8 Å². The maximum absolute atomic E-state index is 12.3. The molecule has 1 spiro atoms. The first-order valence-corrected chi connectivity index (χ1v) is 7.49. The highest BCUT2D eigenvalue weighted by Crippen LogP contribution is 2.46. The molecule has 0 N–H and O–H groups in total. The summed E-state index contributed by atoms with van der Waals surface area (Å²) < 4.78 is 5.65. The summed E-state index contributed by atoms with van der Waals surface area (Å²) in [6, 6.07) is 3.74. The standard InChI is InChI=1S/C14H18N2O2S/c1-10-3-4-11(6-15-10)13(17)16-8-14(9-16)5-12(18-2)7-19-14/h3-4,6,12H,5,7-9H2,1-2H3. The Morgan fingerprint density at radius 1 is 1.53 bits per heavy atom. The van der Waals surface area contributed by atoms with Crippen molar-refractivity contribution in [2.45, 2.75) is 24.2 Å². The molecular weight excluding hydrogens is 260 g/mol. The number of carbonyl (C=O) groups excluding carboxylic acids is 1. The van der Waals surface area contributed by atoms with Crippen LogP contribution >= 0.6 is 11.8 Å². The fourth-order valence-electron chi connectivity index (χ4n) is 2.74. The molecule has 5 heteroatoms. The number of nitrogens with zero attached hydrogens (tertiary/aromatic N) is 2. The Morgan fingerprint density at radius 2 is 2.32 bits per heavy atom. The minimum atomic E-state index is 0.0968. The van der Waals surface area contributed by atoms with Gasteiger partial charge in [0.05, 0.1) is 16.4 Å². The first-order valence-electron chi connectivity index (χ1n) is 6.51. The number of ether oxygens (including phenoxy) is 1. The van der Waals surface area contributed by atoms with Gasteiger partial charge in [0.2, 0.25) is 0 Å². The molecule has 0 aromatic carbocycles. The molecule has 0 saturated carbocycles. The lowest BCUT2D eigenvalue weighted by molar-refractivity contribution is 0.0451. The molecule has 1 aromatic rings. The lowest BCUT2D eigenvalue weighted by Crippen LogP contribution is -2.60. The molecule has 2 aliphatic rings. The highest BCUT2D eigenvalue weighted by atomic mass is 32.2. The average Bonchev–Trinajstić information content (AvgIpc) is 2.81. The molecule has 19 heavy (non-hydrogen) atoms. The van der Waals surface area contributed by atoms with Gasteiger partial charge in [-0.1, -0.05) is 0 Å². The van der Waals surface area contributed by atoms with Crippen molar-refractivity contribution in [2.24, 2.45) is 0 Å². The number of carbonyl (C=O) groups is 1. The Hall–Kier alpha value is -1.07. The van der Waals surface area contributed by atoms with E-state index < -0.39 is 0 Å². The average molecular weight is 278 g/mol. The van der Waals surface area contributed by atoms with Crippen LogP contribution in [0.15, 0.2) is 18.3 Å². The molecule has 4 nitrogen and oxygen atoms in total. The lowest BCUT2D eigenvalue weighted by atomic mass is 9.92. The van der Waals surface area contributed by atoms with E-state index in [-0.39, 0.29) is 10.7 Å². The van der Waals surface area contributed by atoms with Crippen LogP contribution in [0.2, 0.25) is 0 Å². The molecule has 3 rings (SSSR count). The van der Waals surface area contributed by atoms with Crippen LogP contribution in [0.1, 0.15) is 22.5 Å². The third-order valence-electron chi connectivity index (χ3n) is 3.91. The minimum absolute atomic E-state index is 0.0968. The summed E-state index contributed by atoms with van der Waals surface area (Å²) in [5, 5.41) is 0. The molecule has 2 fully saturated rings. The highest BCUT2D eigenvalue weighted by Gasteiger charge is 2.50. The fraction of sp³-hybridized carbons (Fsp3) is 0.571. The van der Waals surface area contributed by atoms with Gasteiger partial charge in [-0.25, -0.2) is 0 Å². The van der Waals surface area contributed by atoms with Crippen LogP contribution in [0, 0.1) is 6.92 Å². The summed E-state index contributed by atoms with van der Waals surface area (Å²) in [5.41, 5.74) is 1.62. The zero-order valence-corrected chi connectivity index (χ0v) is 12.1. The largest absolute Gasteiger partial charge is 0.381 e. The molecule has 0 bridgehead atoms. The zero-order chi connectivity index (χ0) is 13.5. The number of amides is 1. The molecule has 0 aliphatic carbocycles. The number of rotatable bonds is 2. The van der Waals surface area contributed by atoms with Crippen molar-refractivity contribution in [3.8, 4) is 0 Å². The van der Waals surface area contributed by atoms with Gasteiger partial charge in [-0.05, 0) is 25.5 Å². The van der Waals surface area contributed by atoms with Crippen LogP contribution in [0.5, 0.6) is 0 Å². The molecule has 1 aromatic heterocycles. The first kappa shape index (κ1) is 12.9. The number of likely N-dealkylation sites (tertiary alicyclic amines) is 1. The van der Waals surface area contributed by atoms with Crippen molar-refractivity contribution in [3.05, 3.63) is 29.6 Å². The summed E-state index contributed by atoms with van der Waals surface area (Å²) in [6.45, 7) is 3.60. The maximum atomic E-state index is 12.3. The van der Waals surface area contributed by atoms with Gasteiger partial charge in [-0.3, -0.25) is 9.78 Å². The summed E-state index contributed by atoms with van der Waals surface area (Å²) in [6.07, 6.45) is 3.08. The topological polar surface area (TPSA) is 42.4 Å². The third kappa shape index (κ3) is 2.37. The van der Waals surface area contributed by atoms with Gasteiger partial charge in [0.1, 0.15) is 0 Å². The van der Waals surface area contributed by atoms with Gasteiger partial charge < -0.3 is 9.64 Å². The monoisotopic (exact) mass is 278 g/mol. The van der Waals surface area contributed by atoms with Crippen molar-refractivity contribution in [1.29, 1.82) is 0 Å². The van der Waals surface area contributed by atoms with Crippen LogP contribution in [-0.4, -0.2) is 52.6 Å². The van der Waals surface area contributed by atoms with Crippen LogP contribution < -0.4 is 0 Å². The van der Waals surface area contributed by atoms with Crippen molar-refractivity contribution in [3.63, 3.8) is 0 Å². The van der Waals surface area contributed by atoms with Crippen LogP contribution in [0.4, 0.5) is 0 Å². The van der Waals surface area contributed by atoms with Crippen molar-refractivity contribution < 1.29 is 9.53 Å². The minimum Gasteiger partial charge on any atom is -0.381 e. The third-order valence-corrected chi connectivity index (χ3v) is 5.49. The van der Waals surface area contributed by atoms with Crippen LogP contribution in [-0.2, 0) is 4.74 Å². The van der Waals surface area contributed by atoms with Gasteiger partial charge in [0.15, 0.2) is 0 Å². The number of aromatic nitrogens is 1. The molecule has 0 radical (unpaired) electrons. The number of hydrogen-bond acceptors (Lipinski definition) is 4. The zero-order valence-electron chi connectivity index (χ0n) is 11.3. The summed E-state index contributed by atoms with van der Waals surface area (Å²) in [4.78, 5) is 18.4. The molecular formula is C14H18N2O2S. The fourth-order valence-corrected chi connectivity index (χ4v) is 4.34. The first-order chi connectivity index (χ1) is 9.12. The smallest absolute Gasteiger partial charge is 0.255 e. The lowest BCUT2D eigenvalue weighted by Gasteiger charge is -2.47. The Labute approximate surface area is 117 Å². The SMILES string of the molecule is COC1CSC2(C1)CN(C(=O)c1ccc(C)nc1)C2. The number of thioether (sulfide) groups is 1. The van der Waals surface area contributed by atoms with E-state index in [9.17, 15) is 4.79 Å². The highest BCUT2D eigenvalue weighted by molar-refractivity contribution is 8.01. The second kappa shape index (κ2) is 4.80. The van der Waals surface area contributed by atoms with Crippen LogP contribution in [0.25, 0.3) is 0 Å². The van der Waals surface area contributed by atoms with E-state index >= 15 is 0 Å². The van der Waals surface area contributed by atoms with Crippen molar-refractivity contribution in [1.82, 2.24) is 9.88 Å². The second-order valence-corrected chi connectivity index (χ2v) is 6.89. The van der Waals surface area contributed by atoms with Crippen molar-refractivity contribution in [2.75, 3.05) is 26.0 Å². The van der Waals surface area contributed by atoms with E-state index in [1.165, 1.54) is 0 Å². The number of aryl methyl sites for hydroxylation is 1. The number of hydrogen-bond donors (Lipinski definition) is 0. The molecule has 3 heterocycles. The molecule has 102 valence electrons. The predicted molar refractivity (Wildman–Crippen MR) is 75.5 cm³/mol. The Kier molecular flexibility index (Phi) is 3.27. The number of pyridine rings is 1. The van der Waals surface area contributed by atoms with Gasteiger partial charge in [-0.15, -0.1) is 11.8 Å². The normalized spacial score (nSPS) is 24.5. The second-order valence-electron chi connectivity index (χ2n) is 5.41. The summed E-state index contributed by atoms with van der Waals surface area (Å²) >= 11 is 1.95. The van der Waals surface area contributed by atoms with Gasteiger partial charge in [0.25, 0.3) is 5.91 Å². The Bertz CT molecular complexity index is 483. The predicted octanol–water partition coefficient (Wildman–Crippen LogP) is 1.74. The van der Waals surface area contributed by atoms with Crippen molar-refractivity contribution >= 4 is 17.7 Å². The Balaban J connectivity index is 1.61. The van der Waals surface area contributed by atoms with Crippen LogP contribution in [0.3, 0.4) is 0 Å². The van der Waals surface area contributed by atoms with Gasteiger partial charge in [-0.2, -0.15) is 0 Å².